The van der Waals surface area contributed by atoms with Gasteiger partial charge in [-0.1, -0.05) is 54.6 Å². The molecule has 0 saturated carbocycles. The van der Waals surface area contributed by atoms with Crippen molar-refractivity contribution in [2.24, 2.45) is 7.05 Å². The van der Waals surface area contributed by atoms with Crippen LogP contribution in [0.15, 0.2) is 83.7 Å². The van der Waals surface area contributed by atoms with Crippen molar-refractivity contribution in [1.29, 1.82) is 0 Å². The normalized spacial score (nSPS) is 10.7. The van der Waals surface area contributed by atoms with Gasteiger partial charge in [0, 0.05) is 26.3 Å². The molecule has 0 aliphatic carbocycles. The lowest BCUT2D eigenvalue weighted by Gasteiger charge is -2.22. The van der Waals surface area contributed by atoms with Gasteiger partial charge < -0.3 is 19.5 Å². The summed E-state index contributed by atoms with van der Waals surface area (Å²) in [6.07, 6.45) is 0. The van der Waals surface area contributed by atoms with Crippen LogP contribution < -0.4 is 20.5 Å². The lowest BCUT2D eigenvalue weighted by molar-refractivity contribution is 0.0992. The number of amides is 1. The van der Waals surface area contributed by atoms with Crippen molar-refractivity contribution in [3.8, 4) is 5.75 Å². The Morgan fingerprint density at radius 2 is 1.62 bits per heavy atom. The highest BCUT2D eigenvalue weighted by atomic mass is 16.5. The van der Waals surface area contributed by atoms with E-state index in [4.69, 9.17) is 4.74 Å². The van der Waals surface area contributed by atoms with Crippen molar-refractivity contribution in [3.63, 3.8) is 0 Å². The Morgan fingerprint density at radius 3 is 2.28 bits per heavy atom. The number of rotatable bonds is 6. The molecular formula is C26H25N3O3. The molecule has 0 spiro atoms. The van der Waals surface area contributed by atoms with Crippen molar-refractivity contribution in [2.75, 3.05) is 24.4 Å². The van der Waals surface area contributed by atoms with Gasteiger partial charge in [-0.2, -0.15) is 0 Å². The first-order chi connectivity index (χ1) is 15.5. The second-order valence-corrected chi connectivity index (χ2v) is 7.51. The van der Waals surface area contributed by atoms with Gasteiger partial charge in [0.25, 0.3) is 11.5 Å². The first kappa shape index (κ1) is 21.2. The van der Waals surface area contributed by atoms with Crippen LogP contribution in [0.1, 0.15) is 15.9 Å². The minimum absolute atomic E-state index is 0.0757. The van der Waals surface area contributed by atoms with Crippen molar-refractivity contribution in [3.05, 3.63) is 100 Å². The largest absolute Gasteiger partial charge is 0.496 e. The summed E-state index contributed by atoms with van der Waals surface area (Å²) in [6, 6.07) is 24.6. The average Bonchev–Trinajstić information content (AvgIpc) is 2.85. The fourth-order valence-corrected chi connectivity index (χ4v) is 3.83. The highest BCUT2D eigenvalue weighted by Crippen LogP contribution is 2.34. The van der Waals surface area contributed by atoms with E-state index in [1.54, 1.807) is 21.2 Å². The van der Waals surface area contributed by atoms with Crippen LogP contribution in [-0.4, -0.2) is 24.6 Å². The van der Waals surface area contributed by atoms with Crippen LogP contribution >= 0.6 is 0 Å². The van der Waals surface area contributed by atoms with Crippen LogP contribution in [0.2, 0.25) is 0 Å². The lowest BCUT2D eigenvalue weighted by Crippen LogP contribution is -2.35. The number of methoxy groups -OCH3 is 1. The number of aromatic nitrogens is 1. The fourth-order valence-electron chi connectivity index (χ4n) is 3.83. The zero-order chi connectivity index (χ0) is 22.7. The van der Waals surface area contributed by atoms with Crippen molar-refractivity contribution in [2.45, 2.75) is 6.54 Å². The molecule has 3 aromatic carbocycles. The fraction of sp³-hybridized carbons (Fsp3) is 0.154. The summed E-state index contributed by atoms with van der Waals surface area (Å²) in [5.41, 5.74) is 2.60. The van der Waals surface area contributed by atoms with E-state index in [2.05, 4.69) is 5.32 Å². The topological polar surface area (TPSA) is 63.6 Å². The number of ether oxygens (including phenoxy) is 1. The van der Waals surface area contributed by atoms with Crippen molar-refractivity contribution < 1.29 is 9.53 Å². The molecule has 0 unspecified atom stereocenters. The van der Waals surface area contributed by atoms with Crippen LogP contribution in [0.25, 0.3) is 10.9 Å². The molecule has 32 heavy (non-hydrogen) atoms. The van der Waals surface area contributed by atoms with E-state index in [1.807, 2.05) is 78.9 Å². The molecule has 0 atom stereocenters. The Labute approximate surface area is 186 Å². The molecule has 6 nitrogen and oxygen atoms in total. The summed E-state index contributed by atoms with van der Waals surface area (Å²) in [6.45, 7) is 0.455. The molecule has 162 valence electrons. The predicted octanol–water partition coefficient (Wildman–Crippen LogP) is 4.44. The third kappa shape index (κ3) is 3.83. The molecule has 1 aromatic heterocycles. The SMILES string of the molecule is COc1cccc2c1c(NCc1ccccc1)c(C(=O)N(C)c1ccccc1)c(=O)n2C. The lowest BCUT2D eigenvalue weighted by atomic mass is 10.1. The van der Waals surface area contributed by atoms with Gasteiger partial charge in [0.1, 0.15) is 11.3 Å². The Morgan fingerprint density at radius 1 is 0.969 bits per heavy atom. The van der Waals surface area contributed by atoms with Gasteiger partial charge in [-0.05, 0) is 29.8 Å². The van der Waals surface area contributed by atoms with E-state index in [1.165, 1.54) is 9.47 Å². The molecule has 0 fully saturated rings. The Kier molecular flexibility index (Phi) is 5.94. The number of anilines is 2. The molecule has 0 aliphatic heterocycles. The zero-order valence-corrected chi connectivity index (χ0v) is 18.3. The Bertz CT molecular complexity index is 1320. The second-order valence-electron chi connectivity index (χ2n) is 7.51. The molecule has 4 rings (SSSR count). The predicted molar refractivity (Wildman–Crippen MR) is 129 cm³/mol. The highest BCUT2D eigenvalue weighted by Gasteiger charge is 2.26. The Balaban J connectivity index is 1.93. The van der Waals surface area contributed by atoms with E-state index in [0.29, 0.717) is 34.6 Å². The number of aryl methyl sites for hydroxylation is 1. The zero-order valence-electron chi connectivity index (χ0n) is 18.3. The molecule has 1 amide bonds. The number of para-hydroxylation sites is 1. The number of fused-ring (bicyclic) bond motifs is 1. The molecule has 0 radical (unpaired) electrons. The van der Waals surface area contributed by atoms with E-state index in [9.17, 15) is 9.59 Å². The maximum Gasteiger partial charge on any atom is 0.265 e. The third-order valence-corrected chi connectivity index (χ3v) is 5.58. The summed E-state index contributed by atoms with van der Waals surface area (Å²) in [4.78, 5) is 28.5. The summed E-state index contributed by atoms with van der Waals surface area (Å²) < 4.78 is 7.11. The molecule has 0 aliphatic rings. The second kappa shape index (κ2) is 8.98. The number of pyridine rings is 1. The average molecular weight is 428 g/mol. The number of nitrogens with one attached hydrogen (secondary N) is 1. The van der Waals surface area contributed by atoms with Crippen molar-refractivity contribution >= 4 is 28.2 Å². The minimum atomic E-state index is -0.389. The van der Waals surface area contributed by atoms with Crippen molar-refractivity contribution in [1.82, 2.24) is 4.57 Å². The van der Waals surface area contributed by atoms with Crippen LogP contribution in [0.4, 0.5) is 11.4 Å². The standard InChI is InChI=1S/C26H25N3O3/c1-28(19-13-8-5-9-14-19)25(30)23-24(27-17-18-11-6-4-7-12-18)22-20(29(2)26(23)31)15-10-16-21(22)32-3/h4-16,27H,17H2,1-3H3. The van der Waals surface area contributed by atoms with E-state index in [0.717, 1.165) is 5.56 Å². The summed E-state index contributed by atoms with van der Waals surface area (Å²) in [5.74, 6) is 0.199. The van der Waals surface area contributed by atoms with Gasteiger partial charge >= 0.3 is 0 Å². The van der Waals surface area contributed by atoms with Gasteiger partial charge in [0.2, 0.25) is 0 Å². The maximum absolute atomic E-state index is 13.6. The number of hydrogen-bond donors (Lipinski definition) is 1. The monoisotopic (exact) mass is 427 g/mol. The number of nitrogens with zero attached hydrogens (tertiary/aromatic N) is 2. The number of benzene rings is 3. The van der Waals surface area contributed by atoms with E-state index >= 15 is 0 Å². The van der Waals surface area contributed by atoms with E-state index in [-0.39, 0.29) is 17.0 Å². The van der Waals surface area contributed by atoms with Crippen LogP contribution in [0, 0.1) is 0 Å². The minimum Gasteiger partial charge on any atom is -0.496 e. The van der Waals surface area contributed by atoms with Crippen LogP contribution in [0.5, 0.6) is 5.75 Å². The summed E-state index contributed by atoms with van der Waals surface area (Å²) in [5, 5.41) is 4.05. The molecule has 1 heterocycles. The van der Waals surface area contributed by atoms with E-state index < -0.39 is 0 Å². The molecule has 6 heteroatoms. The number of carbonyl (C=O) groups is 1. The molecule has 4 aromatic rings. The van der Waals surface area contributed by atoms with Crippen LogP contribution in [0.3, 0.4) is 0 Å². The quantitative estimate of drug-likeness (QED) is 0.494. The summed E-state index contributed by atoms with van der Waals surface area (Å²) in [7, 11) is 4.92. The first-order valence-electron chi connectivity index (χ1n) is 10.3. The van der Waals surface area contributed by atoms with Gasteiger partial charge in [0.15, 0.2) is 0 Å². The molecule has 1 N–H and O–H groups in total. The van der Waals surface area contributed by atoms with Gasteiger partial charge in [-0.15, -0.1) is 0 Å². The first-order valence-corrected chi connectivity index (χ1v) is 10.3. The summed E-state index contributed by atoms with van der Waals surface area (Å²) >= 11 is 0. The Hall–Kier alpha value is -4.06. The number of hydrogen-bond acceptors (Lipinski definition) is 4. The molecule has 0 saturated heterocycles. The molecule has 0 bridgehead atoms. The smallest absolute Gasteiger partial charge is 0.265 e. The highest BCUT2D eigenvalue weighted by molar-refractivity contribution is 6.14. The van der Waals surface area contributed by atoms with Gasteiger partial charge in [0.05, 0.1) is 23.7 Å². The third-order valence-electron chi connectivity index (χ3n) is 5.58. The van der Waals surface area contributed by atoms with Crippen LogP contribution in [-0.2, 0) is 13.6 Å². The van der Waals surface area contributed by atoms with Gasteiger partial charge in [-0.25, -0.2) is 0 Å². The maximum atomic E-state index is 13.6. The molecular weight excluding hydrogens is 402 g/mol. The number of carbonyl (C=O) groups excluding carboxylic acids is 1. The van der Waals surface area contributed by atoms with Gasteiger partial charge in [-0.3, -0.25) is 9.59 Å².